The molecule has 4 heterocycles. The summed E-state index contributed by atoms with van der Waals surface area (Å²) in [6.45, 7) is 1.88. The molecule has 1 saturated heterocycles. The number of pyridine rings is 1. The Balaban J connectivity index is 1.45. The van der Waals surface area contributed by atoms with E-state index in [4.69, 9.17) is 15.7 Å². The summed E-state index contributed by atoms with van der Waals surface area (Å²) in [7, 11) is 0. The molecule has 1 aliphatic rings. The summed E-state index contributed by atoms with van der Waals surface area (Å²) in [4.78, 5) is 25.0. The number of hydrogen-bond acceptors (Lipinski definition) is 8. The van der Waals surface area contributed by atoms with Gasteiger partial charge in [-0.1, -0.05) is 6.07 Å². The van der Waals surface area contributed by atoms with Crippen LogP contribution in [0.1, 0.15) is 12.8 Å². The molecule has 3 aromatic heterocycles. The highest BCUT2D eigenvalue weighted by molar-refractivity contribution is 7.98. The van der Waals surface area contributed by atoms with E-state index in [1.54, 1.807) is 18.1 Å². The normalized spacial score (nSPS) is 14.8. The second kappa shape index (κ2) is 8.52. The highest BCUT2D eigenvalue weighted by atomic mass is 32.2. The second-order valence-corrected chi connectivity index (χ2v) is 8.46. The lowest BCUT2D eigenvalue weighted by Gasteiger charge is -2.31. The van der Waals surface area contributed by atoms with Crippen LogP contribution < -0.4 is 16.0 Å². The van der Waals surface area contributed by atoms with Crippen molar-refractivity contribution in [3.63, 3.8) is 0 Å². The fourth-order valence-electron chi connectivity index (χ4n) is 3.77. The first-order chi connectivity index (χ1) is 15.2. The highest BCUT2D eigenvalue weighted by Crippen LogP contribution is 2.28. The number of imidazole rings is 1. The third-order valence-electron chi connectivity index (χ3n) is 5.50. The number of aromatic amines is 1. The number of hydrogen-bond donors (Lipinski definition) is 3. The lowest BCUT2D eigenvalue weighted by Crippen LogP contribution is -2.40. The summed E-state index contributed by atoms with van der Waals surface area (Å²) in [5.41, 5.74) is 10.0. The maximum absolute atomic E-state index is 6.03. The Morgan fingerprint density at radius 2 is 2.00 bits per heavy atom. The first-order valence-electron chi connectivity index (χ1n) is 10.3. The van der Waals surface area contributed by atoms with Crippen LogP contribution in [-0.2, 0) is 0 Å². The molecular formula is C22H24N8S. The molecule has 0 atom stereocenters. The van der Waals surface area contributed by atoms with Crippen LogP contribution in [0.15, 0.2) is 53.8 Å². The molecule has 0 aliphatic carbocycles. The van der Waals surface area contributed by atoms with E-state index in [9.17, 15) is 0 Å². The monoisotopic (exact) mass is 432 g/mol. The Kier molecular flexibility index (Phi) is 5.44. The molecule has 4 aromatic rings. The van der Waals surface area contributed by atoms with Gasteiger partial charge < -0.3 is 20.9 Å². The SMILES string of the molecule is CSc1cccc(Nc2nc(-c3ccc(N4CCC(N)CC4)nc3)c3[nH]cnc3n2)c1. The van der Waals surface area contributed by atoms with Crippen molar-refractivity contribution in [3.05, 3.63) is 48.9 Å². The van der Waals surface area contributed by atoms with Gasteiger partial charge in [0.1, 0.15) is 17.0 Å². The largest absolute Gasteiger partial charge is 0.357 e. The number of anilines is 3. The van der Waals surface area contributed by atoms with E-state index in [1.807, 2.05) is 24.4 Å². The summed E-state index contributed by atoms with van der Waals surface area (Å²) in [6, 6.07) is 12.6. The van der Waals surface area contributed by atoms with Crippen LogP contribution in [0, 0.1) is 0 Å². The van der Waals surface area contributed by atoms with Gasteiger partial charge in [0.05, 0.1) is 6.33 Å². The number of fused-ring (bicyclic) bond motifs is 1. The Hall–Kier alpha value is -3.17. The van der Waals surface area contributed by atoms with E-state index in [0.717, 1.165) is 54.2 Å². The van der Waals surface area contributed by atoms with Gasteiger partial charge in [-0.2, -0.15) is 4.98 Å². The number of nitrogens with two attached hydrogens (primary N) is 1. The van der Waals surface area contributed by atoms with Crippen LogP contribution in [0.2, 0.25) is 0 Å². The summed E-state index contributed by atoms with van der Waals surface area (Å²) in [5, 5.41) is 3.31. The van der Waals surface area contributed by atoms with Gasteiger partial charge in [0.2, 0.25) is 5.95 Å². The molecule has 8 nitrogen and oxygen atoms in total. The minimum atomic E-state index is 0.299. The van der Waals surface area contributed by atoms with E-state index < -0.39 is 0 Å². The van der Waals surface area contributed by atoms with Crippen molar-refractivity contribution in [2.24, 2.45) is 5.73 Å². The summed E-state index contributed by atoms with van der Waals surface area (Å²) >= 11 is 1.69. The zero-order chi connectivity index (χ0) is 21.2. The fourth-order valence-corrected chi connectivity index (χ4v) is 4.23. The topological polar surface area (TPSA) is 109 Å². The van der Waals surface area contributed by atoms with Gasteiger partial charge in [-0.3, -0.25) is 0 Å². The molecule has 9 heteroatoms. The van der Waals surface area contributed by atoms with Gasteiger partial charge >= 0.3 is 0 Å². The Morgan fingerprint density at radius 3 is 2.77 bits per heavy atom. The number of H-pyrrole nitrogens is 1. The maximum Gasteiger partial charge on any atom is 0.229 e. The number of rotatable bonds is 5. The Labute approximate surface area is 184 Å². The van der Waals surface area contributed by atoms with Crippen molar-refractivity contribution in [3.8, 4) is 11.3 Å². The van der Waals surface area contributed by atoms with Gasteiger partial charge in [0.25, 0.3) is 0 Å². The zero-order valence-corrected chi connectivity index (χ0v) is 18.1. The van der Waals surface area contributed by atoms with Crippen molar-refractivity contribution in [2.75, 3.05) is 29.6 Å². The summed E-state index contributed by atoms with van der Waals surface area (Å²) < 4.78 is 0. The van der Waals surface area contributed by atoms with E-state index in [2.05, 4.69) is 49.6 Å². The standard InChI is InChI=1S/C22H24N8S/c1-31-17-4-2-3-16(11-17)27-22-28-19(20-21(29-22)26-13-25-20)14-5-6-18(24-12-14)30-9-7-15(23)8-10-30/h2-6,11-13,15H,7-10,23H2,1H3,(H2,25,26,27,28,29). The molecule has 31 heavy (non-hydrogen) atoms. The van der Waals surface area contributed by atoms with Crippen LogP contribution in [0.3, 0.4) is 0 Å². The maximum atomic E-state index is 6.03. The minimum absolute atomic E-state index is 0.299. The predicted molar refractivity (Wildman–Crippen MR) is 126 cm³/mol. The van der Waals surface area contributed by atoms with Crippen LogP contribution in [0.25, 0.3) is 22.4 Å². The number of benzene rings is 1. The van der Waals surface area contributed by atoms with Crippen molar-refractivity contribution in [2.45, 2.75) is 23.8 Å². The van der Waals surface area contributed by atoms with Crippen LogP contribution in [0.4, 0.5) is 17.5 Å². The Bertz CT molecular complexity index is 1180. The molecule has 0 spiro atoms. The minimum Gasteiger partial charge on any atom is -0.357 e. The molecular weight excluding hydrogens is 408 g/mol. The number of nitrogens with zero attached hydrogens (tertiary/aromatic N) is 5. The van der Waals surface area contributed by atoms with Gasteiger partial charge in [0.15, 0.2) is 5.65 Å². The zero-order valence-electron chi connectivity index (χ0n) is 17.2. The predicted octanol–water partition coefficient (Wildman–Crippen LogP) is 3.81. The lowest BCUT2D eigenvalue weighted by atomic mass is 10.1. The summed E-state index contributed by atoms with van der Waals surface area (Å²) in [5.74, 6) is 1.47. The molecule has 0 bridgehead atoms. The average Bonchev–Trinajstić information content (AvgIpc) is 3.28. The van der Waals surface area contributed by atoms with Gasteiger partial charge in [0, 0.05) is 41.5 Å². The fraction of sp³-hybridized carbons (Fsp3) is 0.273. The second-order valence-electron chi connectivity index (χ2n) is 7.58. The number of nitrogens with one attached hydrogen (secondary N) is 2. The molecule has 1 fully saturated rings. The first kappa shape index (κ1) is 19.8. The van der Waals surface area contributed by atoms with Crippen LogP contribution >= 0.6 is 11.8 Å². The average molecular weight is 433 g/mol. The van der Waals surface area contributed by atoms with E-state index >= 15 is 0 Å². The van der Waals surface area contributed by atoms with E-state index in [-0.39, 0.29) is 0 Å². The van der Waals surface area contributed by atoms with E-state index in [0.29, 0.717) is 17.6 Å². The van der Waals surface area contributed by atoms with Crippen molar-refractivity contribution in [1.29, 1.82) is 0 Å². The van der Waals surface area contributed by atoms with Crippen molar-refractivity contribution in [1.82, 2.24) is 24.9 Å². The molecule has 0 saturated carbocycles. The Morgan fingerprint density at radius 1 is 1.13 bits per heavy atom. The molecule has 5 rings (SSSR count). The number of thioether (sulfide) groups is 1. The quantitative estimate of drug-likeness (QED) is 0.409. The van der Waals surface area contributed by atoms with Gasteiger partial charge in [-0.15, -0.1) is 11.8 Å². The van der Waals surface area contributed by atoms with Crippen molar-refractivity contribution >= 4 is 40.4 Å². The molecule has 1 aliphatic heterocycles. The molecule has 1 aromatic carbocycles. The molecule has 0 radical (unpaired) electrons. The summed E-state index contributed by atoms with van der Waals surface area (Å²) in [6.07, 6.45) is 7.55. The lowest BCUT2D eigenvalue weighted by molar-refractivity contribution is 0.498. The molecule has 158 valence electrons. The molecule has 0 amide bonds. The number of aromatic nitrogens is 5. The first-order valence-corrected chi connectivity index (χ1v) is 11.5. The molecule has 4 N–H and O–H groups in total. The third kappa shape index (κ3) is 4.19. The van der Waals surface area contributed by atoms with Crippen LogP contribution in [-0.4, -0.2) is 50.3 Å². The van der Waals surface area contributed by atoms with Gasteiger partial charge in [-0.25, -0.2) is 15.0 Å². The smallest absolute Gasteiger partial charge is 0.229 e. The van der Waals surface area contributed by atoms with Crippen LogP contribution in [0.5, 0.6) is 0 Å². The van der Waals surface area contributed by atoms with E-state index in [1.165, 1.54) is 4.90 Å². The van der Waals surface area contributed by atoms with Crippen molar-refractivity contribution < 1.29 is 0 Å². The van der Waals surface area contributed by atoms with Gasteiger partial charge in [-0.05, 0) is 49.4 Å². The number of piperidine rings is 1. The highest BCUT2D eigenvalue weighted by Gasteiger charge is 2.18. The third-order valence-corrected chi connectivity index (χ3v) is 6.22. The molecule has 0 unspecified atom stereocenters.